The van der Waals surface area contributed by atoms with Gasteiger partial charge >= 0.3 is 6.09 Å². The Labute approximate surface area is 223 Å². The van der Waals surface area contributed by atoms with E-state index in [0.717, 1.165) is 52.6 Å². The van der Waals surface area contributed by atoms with Gasteiger partial charge in [-0.15, -0.1) is 0 Å². The van der Waals surface area contributed by atoms with Crippen LogP contribution in [0.2, 0.25) is 0 Å². The van der Waals surface area contributed by atoms with Gasteiger partial charge in [0.1, 0.15) is 24.0 Å². The molecular formula is C31H35N3O4. The number of nitrogens with one attached hydrogen (secondary N) is 2. The van der Waals surface area contributed by atoms with Gasteiger partial charge in [0.2, 0.25) is 0 Å². The fraction of sp³-hybridized carbons (Fsp3) is 0.323. The van der Waals surface area contributed by atoms with E-state index in [1.807, 2.05) is 61.5 Å². The smallest absolute Gasteiger partial charge is 0.408 e. The first-order valence-corrected chi connectivity index (χ1v) is 13.2. The minimum atomic E-state index is -0.488. The summed E-state index contributed by atoms with van der Waals surface area (Å²) in [6, 6.07) is 21.4. The Morgan fingerprint density at radius 3 is 2.55 bits per heavy atom. The van der Waals surface area contributed by atoms with Crippen LogP contribution in [0.25, 0.3) is 22.0 Å². The van der Waals surface area contributed by atoms with E-state index in [2.05, 4.69) is 27.4 Å². The lowest BCUT2D eigenvalue weighted by Crippen LogP contribution is -2.30. The van der Waals surface area contributed by atoms with Crippen molar-refractivity contribution in [3.8, 4) is 17.0 Å². The number of H-pyrrole nitrogens is 1. The van der Waals surface area contributed by atoms with Crippen LogP contribution < -0.4 is 10.1 Å². The van der Waals surface area contributed by atoms with Crippen LogP contribution in [-0.2, 0) is 16.1 Å². The Balaban J connectivity index is 1.45. The molecule has 0 unspecified atom stereocenters. The lowest BCUT2D eigenvalue weighted by Gasteiger charge is -2.17. The number of aromatic amines is 1. The molecule has 7 heteroatoms. The van der Waals surface area contributed by atoms with Crippen LogP contribution in [0.15, 0.2) is 72.9 Å². The van der Waals surface area contributed by atoms with Crippen LogP contribution in [-0.4, -0.2) is 29.0 Å². The summed E-state index contributed by atoms with van der Waals surface area (Å²) in [6.45, 7) is 2.09. The molecule has 4 aromatic rings. The summed E-state index contributed by atoms with van der Waals surface area (Å²) in [5.74, 6) is 1.78. The van der Waals surface area contributed by atoms with Crippen LogP contribution in [0.1, 0.15) is 62.9 Å². The number of amides is 1. The third-order valence-electron chi connectivity index (χ3n) is 6.63. The maximum absolute atomic E-state index is 12.7. The molecule has 0 fully saturated rings. The summed E-state index contributed by atoms with van der Waals surface area (Å²) >= 11 is 0. The predicted molar refractivity (Wildman–Crippen MR) is 149 cm³/mol. The average molecular weight is 514 g/mol. The van der Waals surface area contributed by atoms with Crippen LogP contribution in [0.4, 0.5) is 4.79 Å². The van der Waals surface area contributed by atoms with Gasteiger partial charge < -0.3 is 19.8 Å². The number of ether oxygens (including phenoxy) is 2. The largest absolute Gasteiger partial charge is 0.497 e. The van der Waals surface area contributed by atoms with Gasteiger partial charge in [0.25, 0.3) is 0 Å². The molecule has 0 bridgehead atoms. The molecule has 3 aromatic carbocycles. The number of ketones is 1. The fourth-order valence-electron chi connectivity index (χ4n) is 4.39. The van der Waals surface area contributed by atoms with Gasteiger partial charge in [-0.3, -0.25) is 4.79 Å². The molecule has 4 rings (SSSR count). The molecule has 198 valence electrons. The van der Waals surface area contributed by atoms with Gasteiger partial charge in [0.15, 0.2) is 0 Å². The van der Waals surface area contributed by atoms with Gasteiger partial charge in [-0.1, -0.05) is 68.3 Å². The number of imidazole rings is 1. The third-order valence-corrected chi connectivity index (χ3v) is 6.63. The van der Waals surface area contributed by atoms with Crippen LogP contribution in [0, 0.1) is 0 Å². The molecule has 1 atom stereocenters. The number of aromatic nitrogens is 2. The Morgan fingerprint density at radius 1 is 0.974 bits per heavy atom. The summed E-state index contributed by atoms with van der Waals surface area (Å²) < 4.78 is 10.8. The first kappa shape index (κ1) is 26.9. The maximum atomic E-state index is 12.7. The lowest BCUT2D eigenvalue weighted by atomic mass is 10.0. The number of fused-ring (bicyclic) bond motifs is 1. The zero-order valence-electron chi connectivity index (χ0n) is 22.0. The molecule has 0 spiro atoms. The average Bonchev–Trinajstić information content (AvgIpc) is 3.45. The molecule has 1 heterocycles. The minimum Gasteiger partial charge on any atom is -0.497 e. The van der Waals surface area contributed by atoms with E-state index in [1.54, 1.807) is 13.3 Å². The molecule has 7 nitrogen and oxygen atoms in total. The molecular weight excluding hydrogens is 478 g/mol. The van der Waals surface area contributed by atoms with Crippen LogP contribution in [0.5, 0.6) is 5.75 Å². The number of rotatable bonds is 13. The molecule has 0 saturated heterocycles. The number of Topliss-reactive ketones (excluding diaryl/α,β-unsaturated/α-hetero) is 1. The highest BCUT2D eigenvalue weighted by Crippen LogP contribution is 2.28. The van der Waals surface area contributed by atoms with Crippen LogP contribution >= 0.6 is 0 Å². The monoisotopic (exact) mass is 513 g/mol. The zero-order chi connectivity index (χ0) is 26.7. The number of benzene rings is 3. The number of nitrogens with zero attached hydrogens (tertiary/aromatic N) is 1. The van der Waals surface area contributed by atoms with Gasteiger partial charge in [-0.25, -0.2) is 9.78 Å². The van der Waals surface area contributed by atoms with E-state index < -0.39 is 6.09 Å². The van der Waals surface area contributed by atoms with Crippen molar-refractivity contribution in [3.05, 3.63) is 84.3 Å². The summed E-state index contributed by atoms with van der Waals surface area (Å²) in [4.78, 5) is 32.3. The fourth-order valence-corrected chi connectivity index (χ4v) is 4.39. The summed E-state index contributed by atoms with van der Waals surface area (Å²) in [7, 11) is 1.66. The molecule has 0 aliphatic heterocycles. The minimum absolute atomic E-state index is 0.198. The molecule has 0 saturated carbocycles. The van der Waals surface area contributed by atoms with E-state index in [-0.39, 0.29) is 18.4 Å². The van der Waals surface area contributed by atoms with E-state index in [4.69, 9.17) is 9.47 Å². The van der Waals surface area contributed by atoms with Crippen LogP contribution in [0.3, 0.4) is 0 Å². The number of methoxy groups -OCH3 is 1. The lowest BCUT2D eigenvalue weighted by molar-refractivity contribution is -0.118. The Hall–Kier alpha value is -4.13. The molecule has 1 amide bonds. The standard InChI is InChI=1S/C31H35N3O4/c1-3-26(35)12-8-5-9-13-28(34-31(36)38-21-22-10-6-4-7-11-22)30-32-20-29(33-30)25-15-14-24-19-27(37-2)17-16-23(24)18-25/h4,6-7,10-11,14-20,28H,3,5,8-9,12-13,21H2,1-2H3,(H,32,33)(H,34,36)/t28-/m0/s1. The quantitative estimate of drug-likeness (QED) is 0.185. The normalized spacial score (nSPS) is 11.7. The maximum Gasteiger partial charge on any atom is 0.408 e. The van der Waals surface area contributed by atoms with Gasteiger partial charge in [-0.2, -0.15) is 0 Å². The Morgan fingerprint density at radius 2 is 1.76 bits per heavy atom. The molecule has 1 aromatic heterocycles. The van der Waals surface area contributed by atoms with Crippen molar-refractivity contribution in [1.82, 2.24) is 15.3 Å². The number of alkyl carbamates (subject to hydrolysis) is 1. The highest BCUT2D eigenvalue weighted by Gasteiger charge is 2.19. The number of carbonyl (C=O) groups excluding carboxylic acids is 2. The van der Waals surface area contributed by atoms with E-state index >= 15 is 0 Å². The van der Waals surface area contributed by atoms with E-state index in [0.29, 0.717) is 25.1 Å². The van der Waals surface area contributed by atoms with Crippen molar-refractivity contribution in [2.45, 2.75) is 58.1 Å². The van der Waals surface area contributed by atoms with Gasteiger partial charge in [-0.05, 0) is 47.4 Å². The van der Waals surface area contributed by atoms with Gasteiger partial charge in [0.05, 0.1) is 25.0 Å². The first-order valence-electron chi connectivity index (χ1n) is 13.2. The Bertz CT molecular complexity index is 1350. The summed E-state index contributed by atoms with van der Waals surface area (Å²) in [6.07, 6.45) is 5.79. The molecule has 0 aliphatic rings. The van der Waals surface area contributed by atoms with Crippen molar-refractivity contribution in [3.63, 3.8) is 0 Å². The Kier molecular flexibility index (Phi) is 9.51. The molecule has 2 N–H and O–H groups in total. The van der Waals surface area contributed by atoms with Crippen molar-refractivity contribution < 1.29 is 19.1 Å². The summed E-state index contributed by atoms with van der Waals surface area (Å²) in [5.41, 5.74) is 2.80. The number of hydrogen-bond acceptors (Lipinski definition) is 5. The molecule has 0 aliphatic carbocycles. The highest BCUT2D eigenvalue weighted by atomic mass is 16.5. The highest BCUT2D eigenvalue weighted by molar-refractivity contribution is 5.88. The second kappa shape index (κ2) is 13.4. The SMILES string of the molecule is CCC(=O)CCCCC[C@H](NC(=O)OCc1ccccc1)c1ncc(-c2ccc3cc(OC)ccc3c2)[nH]1. The van der Waals surface area contributed by atoms with Gasteiger partial charge in [0, 0.05) is 18.4 Å². The molecule has 0 radical (unpaired) electrons. The topological polar surface area (TPSA) is 93.3 Å². The first-order chi connectivity index (χ1) is 18.6. The van der Waals surface area contributed by atoms with E-state index in [1.165, 1.54) is 0 Å². The predicted octanol–water partition coefficient (Wildman–Crippen LogP) is 7.14. The number of carbonyl (C=O) groups is 2. The summed E-state index contributed by atoms with van der Waals surface area (Å²) in [5, 5.41) is 5.18. The third kappa shape index (κ3) is 7.44. The van der Waals surface area contributed by atoms with E-state index in [9.17, 15) is 9.59 Å². The second-order valence-electron chi connectivity index (χ2n) is 9.36. The number of hydrogen-bond donors (Lipinski definition) is 2. The van der Waals surface area contributed by atoms with Crippen molar-refractivity contribution in [2.75, 3.05) is 7.11 Å². The number of unbranched alkanes of at least 4 members (excludes halogenated alkanes) is 2. The van der Waals surface area contributed by atoms with Crippen molar-refractivity contribution in [2.24, 2.45) is 0 Å². The van der Waals surface area contributed by atoms with Crippen molar-refractivity contribution in [1.29, 1.82) is 0 Å². The van der Waals surface area contributed by atoms with Crippen molar-refractivity contribution >= 4 is 22.6 Å². The zero-order valence-corrected chi connectivity index (χ0v) is 22.0. The second-order valence-corrected chi connectivity index (χ2v) is 9.36. The molecule has 38 heavy (non-hydrogen) atoms.